The Morgan fingerprint density at radius 2 is 1.81 bits per heavy atom. The van der Waals surface area contributed by atoms with Gasteiger partial charge in [-0.15, -0.1) is 0 Å². The highest BCUT2D eigenvalue weighted by molar-refractivity contribution is 5.91. The molecule has 0 atom stereocenters. The van der Waals surface area contributed by atoms with Crippen molar-refractivity contribution in [2.75, 3.05) is 5.32 Å². The number of hydrogen-bond acceptors (Lipinski definition) is 2. The van der Waals surface area contributed by atoms with Crippen LogP contribution in [0.25, 0.3) is 10.9 Å². The highest BCUT2D eigenvalue weighted by atomic mass is 19.4. The van der Waals surface area contributed by atoms with E-state index in [4.69, 9.17) is 0 Å². The van der Waals surface area contributed by atoms with Gasteiger partial charge in [0.1, 0.15) is 0 Å². The fraction of sp³-hybridized carbons (Fsp3) is 0.438. The zero-order chi connectivity index (χ0) is 14.9. The van der Waals surface area contributed by atoms with Crippen LogP contribution >= 0.6 is 0 Å². The molecule has 1 aliphatic carbocycles. The highest BCUT2D eigenvalue weighted by Crippen LogP contribution is 2.33. The van der Waals surface area contributed by atoms with E-state index in [-0.39, 0.29) is 0 Å². The fourth-order valence-corrected chi connectivity index (χ4v) is 2.92. The summed E-state index contributed by atoms with van der Waals surface area (Å²) in [6.07, 6.45) is 3.15. The van der Waals surface area contributed by atoms with Crippen molar-refractivity contribution in [2.24, 2.45) is 0 Å². The minimum atomic E-state index is -4.33. The molecule has 1 saturated carbocycles. The molecule has 0 saturated heterocycles. The third kappa shape index (κ3) is 3.12. The van der Waals surface area contributed by atoms with Gasteiger partial charge in [-0.1, -0.05) is 25.3 Å². The number of aromatic nitrogens is 1. The predicted octanol–water partition coefficient (Wildman–Crippen LogP) is 5.00. The number of benzene rings is 1. The number of pyridine rings is 1. The minimum Gasteiger partial charge on any atom is -0.382 e. The zero-order valence-corrected chi connectivity index (χ0v) is 11.6. The lowest BCUT2D eigenvalue weighted by atomic mass is 9.95. The van der Waals surface area contributed by atoms with Crippen molar-refractivity contribution < 1.29 is 13.2 Å². The van der Waals surface area contributed by atoms with E-state index >= 15 is 0 Å². The Bertz CT molecular complexity index is 631. The largest absolute Gasteiger partial charge is 0.416 e. The molecule has 21 heavy (non-hydrogen) atoms. The molecule has 3 rings (SSSR count). The number of anilines is 1. The molecule has 2 nitrogen and oxygen atoms in total. The van der Waals surface area contributed by atoms with Crippen LogP contribution in [0.15, 0.2) is 30.5 Å². The number of alkyl halides is 3. The monoisotopic (exact) mass is 294 g/mol. The van der Waals surface area contributed by atoms with E-state index in [0.717, 1.165) is 36.0 Å². The molecule has 1 N–H and O–H groups in total. The number of halogens is 3. The van der Waals surface area contributed by atoms with Crippen LogP contribution in [0.2, 0.25) is 0 Å². The number of hydrogen-bond donors (Lipinski definition) is 1. The van der Waals surface area contributed by atoms with E-state index in [1.165, 1.54) is 25.3 Å². The van der Waals surface area contributed by atoms with Gasteiger partial charge in [-0.05, 0) is 31.0 Å². The van der Waals surface area contributed by atoms with Crippen LogP contribution in [0.5, 0.6) is 0 Å². The Labute approximate surface area is 121 Å². The van der Waals surface area contributed by atoms with Crippen molar-refractivity contribution in [2.45, 2.75) is 44.3 Å². The molecule has 1 aromatic heterocycles. The van der Waals surface area contributed by atoms with Crippen LogP contribution < -0.4 is 5.32 Å². The van der Waals surface area contributed by atoms with Crippen LogP contribution in [-0.4, -0.2) is 11.0 Å². The Kier molecular flexibility index (Phi) is 3.74. The van der Waals surface area contributed by atoms with E-state index in [2.05, 4.69) is 10.3 Å². The minimum absolute atomic E-state index is 0.380. The van der Waals surface area contributed by atoms with Crippen molar-refractivity contribution in [3.8, 4) is 0 Å². The first-order valence-electron chi connectivity index (χ1n) is 7.26. The van der Waals surface area contributed by atoms with Crippen molar-refractivity contribution in [3.05, 3.63) is 36.0 Å². The normalized spacial score (nSPS) is 17.1. The van der Waals surface area contributed by atoms with Gasteiger partial charge in [0, 0.05) is 23.3 Å². The lowest BCUT2D eigenvalue weighted by Gasteiger charge is -2.24. The lowest BCUT2D eigenvalue weighted by Crippen LogP contribution is -2.22. The highest BCUT2D eigenvalue weighted by Gasteiger charge is 2.30. The average molecular weight is 294 g/mol. The molecule has 1 heterocycles. The lowest BCUT2D eigenvalue weighted by molar-refractivity contribution is -0.137. The standard InChI is InChI=1S/C16H17F3N2/c17-16(18,19)11-6-7-13-14(8-9-20-15(13)10-11)21-12-4-2-1-3-5-12/h6-10,12H,1-5H2,(H,20,21). The molecule has 2 aromatic rings. The van der Waals surface area contributed by atoms with Crippen LogP contribution in [0.1, 0.15) is 37.7 Å². The number of nitrogens with one attached hydrogen (secondary N) is 1. The van der Waals surface area contributed by atoms with Gasteiger partial charge in [0.2, 0.25) is 0 Å². The summed E-state index contributed by atoms with van der Waals surface area (Å²) >= 11 is 0. The summed E-state index contributed by atoms with van der Waals surface area (Å²) in [5.74, 6) is 0. The van der Waals surface area contributed by atoms with E-state index in [1.807, 2.05) is 6.07 Å². The third-order valence-corrected chi connectivity index (χ3v) is 4.03. The summed E-state index contributed by atoms with van der Waals surface area (Å²) in [7, 11) is 0. The average Bonchev–Trinajstić information content (AvgIpc) is 2.47. The van der Waals surface area contributed by atoms with E-state index in [1.54, 1.807) is 6.20 Å². The molecule has 0 spiro atoms. The number of fused-ring (bicyclic) bond motifs is 1. The molecule has 1 aromatic carbocycles. The maximum absolute atomic E-state index is 12.7. The molecule has 1 fully saturated rings. The fourth-order valence-electron chi connectivity index (χ4n) is 2.92. The Morgan fingerprint density at radius 3 is 2.52 bits per heavy atom. The van der Waals surface area contributed by atoms with Crippen molar-refractivity contribution in [1.82, 2.24) is 4.98 Å². The van der Waals surface area contributed by atoms with E-state index < -0.39 is 11.7 Å². The molecule has 5 heteroatoms. The van der Waals surface area contributed by atoms with Crippen molar-refractivity contribution >= 4 is 16.6 Å². The first kappa shape index (κ1) is 14.2. The molecule has 112 valence electrons. The van der Waals surface area contributed by atoms with Gasteiger partial charge < -0.3 is 5.32 Å². The Hall–Kier alpha value is -1.78. The number of rotatable bonds is 2. The van der Waals surface area contributed by atoms with Gasteiger partial charge >= 0.3 is 6.18 Å². The van der Waals surface area contributed by atoms with Gasteiger partial charge in [0.05, 0.1) is 11.1 Å². The molecule has 0 amide bonds. The maximum Gasteiger partial charge on any atom is 0.416 e. The second-order valence-electron chi connectivity index (χ2n) is 5.57. The summed E-state index contributed by atoms with van der Waals surface area (Å²) < 4.78 is 38.2. The maximum atomic E-state index is 12.7. The Balaban J connectivity index is 1.92. The Morgan fingerprint density at radius 1 is 1.05 bits per heavy atom. The molecule has 0 unspecified atom stereocenters. The molecule has 0 radical (unpaired) electrons. The van der Waals surface area contributed by atoms with Crippen molar-refractivity contribution in [3.63, 3.8) is 0 Å². The third-order valence-electron chi connectivity index (χ3n) is 4.03. The molecule has 1 aliphatic rings. The predicted molar refractivity (Wildman–Crippen MR) is 77.2 cm³/mol. The second-order valence-corrected chi connectivity index (χ2v) is 5.57. The summed E-state index contributed by atoms with van der Waals surface area (Å²) in [5, 5.41) is 4.21. The summed E-state index contributed by atoms with van der Waals surface area (Å²) in [6, 6.07) is 5.99. The summed E-state index contributed by atoms with van der Waals surface area (Å²) in [4.78, 5) is 4.07. The SMILES string of the molecule is FC(F)(F)c1ccc2c(NC3CCCCC3)ccnc2c1. The second kappa shape index (κ2) is 5.54. The summed E-state index contributed by atoms with van der Waals surface area (Å²) in [6.45, 7) is 0. The molecule has 0 bridgehead atoms. The smallest absolute Gasteiger partial charge is 0.382 e. The molecular weight excluding hydrogens is 277 g/mol. The molecule has 0 aliphatic heterocycles. The summed E-state index contributed by atoms with van der Waals surface area (Å²) in [5.41, 5.74) is 0.601. The van der Waals surface area contributed by atoms with E-state index in [0.29, 0.717) is 11.6 Å². The van der Waals surface area contributed by atoms with Gasteiger partial charge in [-0.25, -0.2) is 0 Å². The van der Waals surface area contributed by atoms with Crippen LogP contribution in [-0.2, 0) is 6.18 Å². The quantitative estimate of drug-likeness (QED) is 0.843. The van der Waals surface area contributed by atoms with Crippen LogP contribution in [0.3, 0.4) is 0 Å². The molecular formula is C16H17F3N2. The topological polar surface area (TPSA) is 24.9 Å². The first-order chi connectivity index (χ1) is 10.0. The first-order valence-corrected chi connectivity index (χ1v) is 7.26. The number of nitrogens with zero attached hydrogens (tertiary/aromatic N) is 1. The van der Waals surface area contributed by atoms with Gasteiger partial charge in [-0.2, -0.15) is 13.2 Å². The van der Waals surface area contributed by atoms with E-state index in [9.17, 15) is 13.2 Å². The van der Waals surface area contributed by atoms with Gasteiger partial charge in [0.15, 0.2) is 0 Å². The van der Waals surface area contributed by atoms with Gasteiger partial charge in [0.25, 0.3) is 0 Å². The zero-order valence-electron chi connectivity index (χ0n) is 11.6. The van der Waals surface area contributed by atoms with Gasteiger partial charge in [-0.3, -0.25) is 4.98 Å². The van der Waals surface area contributed by atoms with Crippen LogP contribution in [0, 0.1) is 0 Å². The van der Waals surface area contributed by atoms with Crippen molar-refractivity contribution in [1.29, 1.82) is 0 Å². The van der Waals surface area contributed by atoms with Crippen LogP contribution in [0.4, 0.5) is 18.9 Å².